The van der Waals surface area contributed by atoms with Gasteiger partial charge in [0.25, 0.3) is 0 Å². The Hall–Kier alpha value is -1.89. The van der Waals surface area contributed by atoms with Gasteiger partial charge in [-0.2, -0.15) is 0 Å². The fourth-order valence-corrected chi connectivity index (χ4v) is 4.75. The molecule has 0 spiro atoms. The van der Waals surface area contributed by atoms with Crippen molar-refractivity contribution in [1.82, 2.24) is 15.5 Å². The van der Waals surface area contributed by atoms with E-state index < -0.39 is 23.9 Å². The van der Waals surface area contributed by atoms with Gasteiger partial charge < -0.3 is 20.6 Å². The fourth-order valence-electron chi connectivity index (χ4n) is 4.75. The zero-order valence-electron chi connectivity index (χ0n) is 17.6. The van der Waals surface area contributed by atoms with Crippen molar-refractivity contribution < 1.29 is 19.5 Å². The fraction of sp³-hybridized carbons (Fsp3) is 0.762. The number of carbonyl (C=O) groups excluding carboxylic acids is 3. The molecule has 0 aromatic rings. The lowest BCUT2D eigenvalue weighted by Gasteiger charge is -2.33. The van der Waals surface area contributed by atoms with Gasteiger partial charge in [-0.25, -0.2) is 0 Å². The summed E-state index contributed by atoms with van der Waals surface area (Å²) in [6, 6.07) is -1.14. The van der Waals surface area contributed by atoms with E-state index in [0.29, 0.717) is 6.42 Å². The van der Waals surface area contributed by atoms with E-state index in [1.807, 2.05) is 32.9 Å². The molecule has 7 nitrogen and oxygen atoms in total. The lowest BCUT2D eigenvalue weighted by molar-refractivity contribution is -0.143. The lowest BCUT2D eigenvalue weighted by Crippen LogP contribution is -2.53. The molecule has 7 atom stereocenters. The van der Waals surface area contributed by atoms with Crippen LogP contribution in [-0.2, 0) is 14.4 Å². The largest absolute Gasteiger partial charge is 0.394 e. The van der Waals surface area contributed by atoms with Gasteiger partial charge >= 0.3 is 0 Å². The summed E-state index contributed by atoms with van der Waals surface area (Å²) in [5, 5.41) is 15.6. The van der Waals surface area contributed by atoms with Crippen LogP contribution in [0.1, 0.15) is 47.0 Å². The van der Waals surface area contributed by atoms with Crippen LogP contribution in [0.2, 0.25) is 0 Å². The summed E-state index contributed by atoms with van der Waals surface area (Å²) in [5.41, 5.74) is 0. The van der Waals surface area contributed by atoms with Gasteiger partial charge in [-0.15, -0.1) is 0 Å². The second-order valence-electron chi connectivity index (χ2n) is 8.12. The molecule has 1 fully saturated rings. The van der Waals surface area contributed by atoms with Crippen LogP contribution >= 0.6 is 0 Å². The second kappa shape index (κ2) is 9.54. The molecule has 1 heterocycles. The second-order valence-corrected chi connectivity index (χ2v) is 8.12. The average molecular weight is 394 g/mol. The standard InChI is InChI=1S/C21H35N3O4/c1-6-8-13(4)23-20(27)18-15-10-9-12(3)16(19(26)22-5)17(15)21(28)24(18)14(7-2)11-25/h9-10,12-18,25H,6-8,11H2,1-5H3,(H,22,26)(H,23,27)/t12-,13?,14+,15+,16-,17+,18+/m1/s1. The van der Waals surface area contributed by atoms with Crippen LogP contribution in [0.15, 0.2) is 12.2 Å². The first-order valence-corrected chi connectivity index (χ1v) is 10.5. The minimum atomic E-state index is -0.704. The molecule has 0 aromatic carbocycles. The molecule has 3 amide bonds. The summed E-state index contributed by atoms with van der Waals surface area (Å²) in [6.07, 6.45) is 6.20. The number of allylic oxidation sites excluding steroid dienone is 1. The Kier molecular flexibility index (Phi) is 7.63. The summed E-state index contributed by atoms with van der Waals surface area (Å²) >= 11 is 0. The third-order valence-corrected chi connectivity index (χ3v) is 6.21. The number of aliphatic hydroxyl groups excluding tert-OH is 1. The minimum absolute atomic E-state index is 0.00364. The zero-order valence-corrected chi connectivity index (χ0v) is 17.6. The van der Waals surface area contributed by atoms with Gasteiger partial charge in [-0.1, -0.05) is 39.3 Å². The first-order chi connectivity index (χ1) is 13.3. The summed E-state index contributed by atoms with van der Waals surface area (Å²) in [4.78, 5) is 40.7. The number of amides is 3. The van der Waals surface area contributed by atoms with Gasteiger partial charge in [0.2, 0.25) is 17.7 Å². The van der Waals surface area contributed by atoms with Gasteiger partial charge in [0.05, 0.1) is 24.5 Å². The molecule has 0 saturated carbocycles. The van der Waals surface area contributed by atoms with Crippen molar-refractivity contribution in [1.29, 1.82) is 0 Å². The third-order valence-electron chi connectivity index (χ3n) is 6.21. The van der Waals surface area contributed by atoms with Gasteiger partial charge in [-0.3, -0.25) is 14.4 Å². The molecule has 28 heavy (non-hydrogen) atoms. The number of rotatable bonds is 8. The van der Waals surface area contributed by atoms with Crippen LogP contribution in [0.25, 0.3) is 0 Å². The Morgan fingerprint density at radius 2 is 1.93 bits per heavy atom. The number of hydrogen-bond donors (Lipinski definition) is 3. The smallest absolute Gasteiger partial charge is 0.243 e. The number of carbonyl (C=O) groups is 3. The summed E-state index contributed by atoms with van der Waals surface area (Å²) in [5.74, 6) is -2.17. The molecule has 7 heteroatoms. The summed E-state index contributed by atoms with van der Waals surface area (Å²) in [7, 11) is 1.57. The van der Waals surface area contributed by atoms with Crippen molar-refractivity contribution >= 4 is 17.7 Å². The molecule has 0 aromatic heterocycles. The van der Waals surface area contributed by atoms with Crippen molar-refractivity contribution in [3.05, 3.63) is 12.2 Å². The maximum absolute atomic E-state index is 13.4. The molecule has 1 saturated heterocycles. The van der Waals surface area contributed by atoms with Crippen molar-refractivity contribution in [3.63, 3.8) is 0 Å². The van der Waals surface area contributed by atoms with E-state index in [0.717, 1.165) is 12.8 Å². The van der Waals surface area contributed by atoms with E-state index in [4.69, 9.17) is 0 Å². The molecule has 2 rings (SSSR count). The number of nitrogens with one attached hydrogen (secondary N) is 2. The Morgan fingerprint density at radius 3 is 2.46 bits per heavy atom. The molecule has 2 aliphatic rings. The highest BCUT2D eigenvalue weighted by molar-refractivity contribution is 5.97. The monoisotopic (exact) mass is 393 g/mol. The Bertz CT molecular complexity index is 617. The molecule has 1 aliphatic carbocycles. The lowest BCUT2D eigenvalue weighted by atomic mass is 9.70. The Balaban J connectivity index is 2.44. The number of aliphatic hydroxyl groups is 1. The van der Waals surface area contributed by atoms with Gasteiger partial charge in [-0.05, 0) is 25.7 Å². The highest BCUT2D eigenvalue weighted by Gasteiger charge is 2.57. The Labute approximate surface area is 167 Å². The molecule has 3 N–H and O–H groups in total. The van der Waals surface area contributed by atoms with E-state index in [1.54, 1.807) is 11.9 Å². The van der Waals surface area contributed by atoms with E-state index in [-0.39, 0.29) is 42.2 Å². The van der Waals surface area contributed by atoms with Gasteiger partial charge in [0.15, 0.2) is 0 Å². The predicted octanol–water partition coefficient (Wildman–Crippen LogP) is 1.07. The van der Waals surface area contributed by atoms with Crippen molar-refractivity contribution in [2.24, 2.45) is 23.7 Å². The molecule has 158 valence electrons. The van der Waals surface area contributed by atoms with E-state index in [2.05, 4.69) is 17.6 Å². The first-order valence-electron chi connectivity index (χ1n) is 10.5. The summed E-state index contributed by atoms with van der Waals surface area (Å²) < 4.78 is 0. The molecular weight excluding hydrogens is 358 g/mol. The number of fused-ring (bicyclic) bond motifs is 1. The van der Waals surface area contributed by atoms with Crippen LogP contribution in [-0.4, -0.2) is 59.5 Å². The topological polar surface area (TPSA) is 98.7 Å². The normalized spacial score (nSPS) is 31.3. The molecular formula is C21H35N3O4. The van der Waals surface area contributed by atoms with Crippen molar-refractivity contribution in [3.8, 4) is 0 Å². The quantitative estimate of drug-likeness (QED) is 0.537. The third kappa shape index (κ3) is 4.09. The number of likely N-dealkylation sites (tertiary alicyclic amines) is 1. The molecule has 0 radical (unpaired) electrons. The van der Waals surface area contributed by atoms with E-state index in [9.17, 15) is 19.5 Å². The Morgan fingerprint density at radius 1 is 1.25 bits per heavy atom. The molecule has 1 unspecified atom stereocenters. The summed E-state index contributed by atoms with van der Waals surface area (Å²) in [6.45, 7) is 7.61. The van der Waals surface area contributed by atoms with Crippen LogP contribution in [0.5, 0.6) is 0 Å². The highest BCUT2D eigenvalue weighted by Crippen LogP contribution is 2.44. The van der Waals surface area contributed by atoms with Crippen LogP contribution in [0.3, 0.4) is 0 Å². The average Bonchev–Trinajstić information content (AvgIpc) is 2.95. The van der Waals surface area contributed by atoms with E-state index in [1.165, 1.54) is 0 Å². The number of nitrogens with zero attached hydrogens (tertiary/aromatic N) is 1. The van der Waals surface area contributed by atoms with Crippen LogP contribution < -0.4 is 10.6 Å². The van der Waals surface area contributed by atoms with Crippen LogP contribution in [0, 0.1) is 23.7 Å². The molecule has 0 bridgehead atoms. The zero-order chi connectivity index (χ0) is 21.0. The van der Waals surface area contributed by atoms with Crippen molar-refractivity contribution in [2.75, 3.05) is 13.7 Å². The number of hydrogen-bond acceptors (Lipinski definition) is 4. The SMILES string of the molecule is CCCC(C)NC(=O)[C@@H]1[C@H]2C=C[C@@H](C)[C@@H](C(=O)NC)[C@H]2C(=O)N1[C@@H](CC)CO. The van der Waals surface area contributed by atoms with Crippen LogP contribution in [0.4, 0.5) is 0 Å². The van der Waals surface area contributed by atoms with Gasteiger partial charge in [0.1, 0.15) is 6.04 Å². The first kappa shape index (κ1) is 22.4. The van der Waals surface area contributed by atoms with Crippen molar-refractivity contribution in [2.45, 2.75) is 65.1 Å². The highest BCUT2D eigenvalue weighted by atomic mass is 16.3. The maximum atomic E-state index is 13.4. The van der Waals surface area contributed by atoms with E-state index >= 15 is 0 Å². The molecule has 1 aliphatic heterocycles. The minimum Gasteiger partial charge on any atom is -0.394 e. The maximum Gasteiger partial charge on any atom is 0.243 e. The van der Waals surface area contributed by atoms with Gasteiger partial charge in [0, 0.05) is 19.0 Å². The predicted molar refractivity (Wildman–Crippen MR) is 107 cm³/mol.